The van der Waals surface area contributed by atoms with Crippen LogP contribution in [0.4, 0.5) is 5.13 Å². The Morgan fingerprint density at radius 2 is 2.23 bits per heavy atom. The number of nitrogens with zero attached hydrogens (tertiary/aromatic N) is 1. The van der Waals surface area contributed by atoms with Gasteiger partial charge < -0.3 is 19.9 Å². The van der Waals surface area contributed by atoms with E-state index in [-0.39, 0.29) is 18.0 Å². The summed E-state index contributed by atoms with van der Waals surface area (Å²) in [7, 11) is 1.38. The number of carbonyl (C=O) groups is 1. The molecule has 22 heavy (non-hydrogen) atoms. The lowest BCUT2D eigenvalue weighted by molar-refractivity contribution is -0.00858. The number of ether oxygens (including phenoxy) is 2. The molecule has 0 amide bonds. The molecule has 2 heterocycles. The summed E-state index contributed by atoms with van der Waals surface area (Å²) < 4.78 is 10.2. The van der Waals surface area contributed by atoms with Gasteiger partial charge in [0.15, 0.2) is 10.8 Å². The Hall–Kier alpha value is -1.18. The third-order valence-electron chi connectivity index (χ3n) is 4.48. The predicted molar refractivity (Wildman–Crippen MR) is 83.5 cm³/mol. The van der Waals surface area contributed by atoms with E-state index in [1.165, 1.54) is 18.4 Å². The summed E-state index contributed by atoms with van der Waals surface area (Å²) >= 11 is 1.54. The fourth-order valence-corrected chi connectivity index (χ4v) is 3.85. The van der Waals surface area contributed by atoms with Crippen LogP contribution in [0.25, 0.3) is 0 Å². The first-order valence-corrected chi connectivity index (χ1v) is 8.50. The van der Waals surface area contributed by atoms with E-state index in [9.17, 15) is 9.90 Å². The molecule has 0 unspecified atom stereocenters. The Morgan fingerprint density at radius 1 is 1.50 bits per heavy atom. The van der Waals surface area contributed by atoms with Crippen molar-refractivity contribution in [1.82, 2.24) is 4.98 Å². The van der Waals surface area contributed by atoms with Gasteiger partial charge in [0.1, 0.15) is 0 Å². The molecule has 0 atom stereocenters. The zero-order chi connectivity index (χ0) is 15.6. The molecule has 2 aliphatic rings. The van der Waals surface area contributed by atoms with Gasteiger partial charge in [0.25, 0.3) is 0 Å². The Kier molecular flexibility index (Phi) is 4.65. The van der Waals surface area contributed by atoms with Crippen LogP contribution in [-0.4, -0.2) is 49.5 Å². The molecular weight excluding hydrogens is 304 g/mol. The van der Waals surface area contributed by atoms with Gasteiger partial charge in [0.05, 0.1) is 13.7 Å². The van der Waals surface area contributed by atoms with Crippen molar-refractivity contribution < 1.29 is 19.4 Å². The van der Waals surface area contributed by atoms with Crippen LogP contribution < -0.4 is 5.32 Å². The standard InChI is InChI=1S/C15H22N2O4S/c1-20-13(19)11-12(10-2-3-10)22-14(17-11)16-8-15(9-18)4-6-21-7-5-15/h10,18H,2-9H2,1H3,(H,16,17). The number of anilines is 1. The molecular formula is C15H22N2O4S. The number of rotatable bonds is 6. The van der Waals surface area contributed by atoms with E-state index in [0.717, 1.165) is 35.7 Å². The maximum absolute atomic E-state index is 11.8. The summed E-state index contributed by atoms with van der Waals surface area (Å²) in [5.74, 6) is 0.0890. The lowest BCUT2D eigenvalue weighted by Crippen LogP contribution is -2.39. The van der Waals surface area contributed by atoms with Crippen LogP contribution in [0.3, 0.4) is 0 Å². The van der Waals surface area contributed by atoms with Gasteiger partial charge in [-0.05, 0) is 31.6 Å². The minimum absolute atomic E-state index is 0.133. The molecule has 1 aromatic heterocycles. The molecule has 122 valence electrons. The third-order valence-corrected chi connectivity index (χ3v) is 5.66. The molecule has 0 spiro atoms. The van der Waals surface area contributed by atoms with Gasteiger partial charge in [-0.15, -0.1) is 11.3 Å². The highest BCUT2D eigenvalue weighted by molar-refractivity contribution is 7.16. The SMILES string of the molecule is COC(=O)c1nc(NCC2(CO)CCOCC2)sc1C1CC1. The largest absolute Gasteiger partial charge is 0.464 e. The molecule has 1 aliphatic heterocycles. The summed E-state index contributed by atoms with van der Waals surface area (Å²) in [4.78, 5) is 17.3. The molecule has 1 saturated carbocycles. The quantitative estimate of drug-likeness (QED) is 0.778. The molecule has 1 aromatic rings. The molecule has 2 N–H and O–H groups in total. The molecule has 1 saturated heterocycles. The van der Waals surface area contributed by atoms with Crippen LogP contribution in [0.2, 0.25) is 0 Å². The van der Waals surface area contributed by atoms with E-state index >= 15 is 0 Å². The first kappa shape index (κ1) is 15.7. The van der Waals surface area contributed by atoms with Gasteiger partial charge in [-0.25, -0.2) is 9.78 Å². The molecule has 1 aliphatic carbocycles. The molecule has 2 fully saturated rings. The summed E-state index contributed by atoms with van der Waals surface area (Å²) in [6.45, 7) is 2.14. The molecule has 6 nitrogen and oxygen atoms in total. The number of aliphatic hydroxyl groups is 1. The van der Waals surface area contributed by atoms with Gasteiger partial charge in [-0.3, -0.25) is 0 Å². The molecule has 0 aromatic carbocycles. The van der Waals surface area contributed by atoms with E-state index in [1.807, 2.05) is 0 Å². The molecule has 0 bridgehead atoms. The number of methoxy groups -OCH3 is 1. The van der Waals surface area contributed by atoms with Crippen molar-refractivity contribution in [1.29, 1.82) is 0 Å². The van der Waals surface area contributed by atoms with Gasteiger partial charge in [0, 0.05) is 30.1 Å². The number of nitrogens with one attached hydrogen (secondary N) is 1. The minimum atomic E-state index is -0.367. The van der Waals surface area contributed by atoms with E-state index in [4.69, 9.17) is 9.47 Å². The highest BCUT2D eigenvalue weighted by Crippen LogP contribution is 2.46. The smallest absolute Gasteiger partial charge is 0.357 e. The maximum atomic E-state index is 11.8. The zero-order valence-corrected chi connectivity index (χ0v) is 13.6. The van der Waals surface area contributed by atoms with E-state index < -0.39 is 0 Å². The number of esters is 1. The lowest BCUT2D eigenvalue weighted by Gasteiger charge is -2.35. The Bertz CT molecular complexity index is 536. The average Bonchev–Trinajstić information content (AvgIpc) is 3.33. The fraction of sp³-hybridized carbons (Fsp3) is 0.733. The third kappa shape index (κ3) is 3.26. The van der Waals surface area contributed by atoms with Crippen molar-refractivity contribution in [3.63, 3.8) is 0 Å². The lowest BCUT2D eigenvalue weighted by atomic mass is 9.81. The zero-order valence-electron chi connectivity index (χ0n) is 12.8. The van der Waals surface area contributed by atoms with Crippen molar-refractivity contribution >= 4 is 22.4 Å². The van der Waals surface area contributed by atoms with Gasteiger partial charge in [-0.2, -0.15) is 0 Å². The second-order valence-corrected chi connectivity index (χ2v) is 7.15. The van der Waals surface area contributed by atoms with Crippen LogP contribution in [0.15, 0.2) is 0 Å². The van der Waals surface area contributed by atoms with Crippen LogP contribution >= 0.6 is 11.3 Å². The fourth-order valence-electron chi connectivity index (χ4n) is 2.73. The molecule has 7 heteroatoms. The average molecular weight is 326 g/mol. The van der Waals surface area contributed by atoms with Crippen molar-refractivity contribution in [3.05, 3.63) is 10.6 Å². The highest BCUT2D eigenvalue weighted by atomic mass is 32.1. The van der Waals surface area contributed by atoms with Crippen molar-refractivity contribution in [2.45, 2.75) is 31.6 Å². The summed E-state index contributed by atoms with van der Waals surface area (Å²) in [5.41, 5.74) is 0.289. The number of thiazole rings is 1. The van der Waals surface area contributed by atoms with Crippen LogP contribution in [0.5, 0.6) is 0 Å². The maximum Gasteiger partial charge on any atom is 0.357 e. The number of hydrogen-bond acceptors (Lipinski definition) is 7. The van der Waals surface area contributed by atoms with Gasteiger partial charge in [0.2, 0.25) is 0 Å². The normalized spacial score (nSPS) is 20.6. The van der Waals surface area contributed by atoms with Crippen LogP contribution in [0.1, 0.15) is 47.0 Å². The van der Waals surface area contributed by atoms with Gasteiger partial charge >= 0.3 is 5.97 Å². The Balaban J connectivity index is 1.70. The summed E-state index contributed by atoms with van der Waals surface area (Å²) in [6, 6.07) is 0. The second kappa shape index (κ2) is 6.52. The first-order valence-electron chi connectivity index (χ1n) is 7.69. The minimum Gasteiger partial charge on any atom is -0.464 e. The van der Waals surface area contributed by atoms with Crippen LogP contribution in [-0.2, 0) is 9.47 Å². The number of carbonyl (C=O) groups excluding carboxylic acids is 1. The monoisotopic (exact) mass is 326 g/mol. The number of aromatic nitrogens is 1. The number of aliphatic hydroxyl groups excluding tert-OH is 1. The van der Waals surface area contributed by atoms with Crippen molar-refractivity contribution in [3.8, 4) is 0 Å². The van der Waals surface area contributed by atoms with E-state index in [0.29, 0.717) is 31.4 Å². The van der Waals surface area contributed by atoms with Crippen molar-refractivity contribution in [2.75, 3.05) is 38.8 Å². The second-order valence-electron chi connectivity index (χ2n) is 6.12. The van der Waals surface area contributed by atoms with Crippen LogP contribution in [0, 0.1) is 5.41 Å². The van der Waals surface area contributed by atoms with E-state index in [2.05, 4.69) is 10.3 Å². The van der Waals surface area contributed by atoms with Crippen molar-refractivity contribution in [2.24, 2.45) is 5.41 Å². The topological polar surface area (TPSA) is 80.7 Å². The first-order chi connectivity index (χ1) is 10.7. The van der Waals surface area contributed by atoms with E-state index in [1.54, 1.807) is 0 Å². The highest BCUT2D eigenvalue weighted by Gasteiger charge is 2.34. The van der Waals surface area contributed by atoms with Gasteiger partial charge in [-0.1, -0.05) is 0 Å². The predicted octanol–water partition coefficient (Wildman–Crippen LogP) is 2.01. The molecule has 0 radical (unpaired) electrons. The Morgan fingerprint density at radius 3 is 2.82 bits per heavy atom. The number of hydrogen-bond donors (Lipinski definition) is 2. The molecule has 3 rings (SSSR count). The summed E-state index contributed by atoms with van der Waals surface area (Å²) in [6.07, 6.45) is 3.90. The Labute approximate surface area is 133 Å². The summed E-state index contributed by atoms with van der Waals surface area (Å²) in [5, 5.41) is 13.8.